The number of carbonyl (C=O) groups excluding carboxylic acids is 1. The second kappa shape index (κ2) is 4.30. The number of aliphatic imine (C=N–C) groups is 1. The molecule has 0 heterocycles. The van der Waals surface area contributed by atoms with Crippen LogP contribution in [0, 0.1) is 5.82 Å². The standard InChI is InChI=1S/C9H6FNO3/c10-7-2-1-6(4-11-5-12)8(3-7)9(13)14/h1-3H,4H2,(H,13,14). The maximum absolute atomic E-state index is 12.7. The van der Waals surface area contributed by atoms with E-state index in [-0.39, 0.29) is 17.7 Å². The number of isocyanates is 1. The van der Waals surface area contributed by atoms with E-state index in [0.717, 1.165) is 12.1 Å². The van der Waals surface area contributed by atoms with Crippen LogP contribution in [0.25, 0.3) is 0 Å². The lowest BCUT2D eigenvalue weighted by Crippen LogP contribution is -2.02. The van der Waals surface area contributed by atoms with E-state index in [1.54, 1.807) is 0 Å². The fourth-order valence-electron chi connectivity index (χ4n) is 1.00. The Balaban J connectivity index is 3.14. The maximum Gasteiger partial charge on any atom is 0.336 e. The van der Waals surface area contributed by atoms with Gasteiger partial charge in [-0.3, -0.25) is 0 Å². The topological polar surface area (TPSA) is 66.7 Å². The van der Waals surface area contributed by atoms with E-state index in [2.05, 4.69) is 4.99 Å². The number of rotatable bonds is 3. The Morgan fingerprint density at radius 3 is 2.86 bits per heavy atom. The molecule has 0 radical (unpaired) electrons. The molecule has 0 spiro atoms. The summed E-state index contributed by atoms with van der Waals surface area (Å²) in [7, 11) is 0. The molecule has 0 bridgehead atoms. The first-order valence-electron chi connectivity index (χ1n) is 3.70. The van der Waals surface area contributed by atoms with Gasteiger partial charge in [0.1, 0.15) is 5.82 Å². The van der Waals surface area contributed by atoms with E-state index in [1.807, 2.05) is 0 Å². The van der Waals surface area contributed by atoms with Crippen LogP contribution in [-0.4, -0.2) is 17.2 Å². The fourth-order valence-corrected chi connectivity index (χ4v) is 1.00. The van der Waals surface area contributed by atoms with Gasteiger partial charge < -0.3 is 5.11 Å². The van der Waals surface area contributed by atoms with E-state index in [0.29, 0.717) is 0 Å². The molecular formula is C9H6FNO3. The van der Waals surface area contributed by atoms with Crippen LogP contribution >= 0.6 is 0 Å². The van der Waals surface area contributed by atoms with Crippen molar-refractivity contribution in [3.8, 4) is 0 Å². The number of carboxylic acid groups (broad SMARTS) is 1. The third-order valence-electron chi connectivity index (χ3n) is 1.62. The number of carboxylic acids is 1. The van der Waals surface area contributed by atoms with Crippen LogP contribution in [0.1, 0.15) is 15.9 Å². The van der Waals surface area contributed by atoms with E-state index < -0.39 is 11.8 Å². The molecule has 0 atom stereocenters. The average Bonchev–Trinajstić information content (AvgIpc) is 2.15. The van der Waals surface area contributed by atoms with Crippen LogP contribution in [0.5, 0.6) is 0 Å². The number of aromatic carboxylic acids is 1. The maximum atomic E-state index is 12.7. The van der Waals surface area contributed by atoms with Gasteiger partial charge in [-0.25, -0.2) is 19.0 Å². The van der Waals surface area contributed by atoms with Crippen LogP contribution in [0.3, 0.4) is 0 Å². The first-order valence-corrected chi connectivity index (χ1v) is 3.70. The highest BCUT2D eigenvalue weighted by Crippen LogP contribution is 2.12. The normalized spacial score (nSPS) is 9.21. The fraction of sp³-hybridized carbons (Fsp3) is 0.111. The lowest BCUT2D eigenvalue weighted by molar-refractivity contribution is 0.0695. The lowest BCUT2D eigenvalue weighted by atomic mass is 10.1. The van der Waals surface area contributed by atoms with Crippen molar-refractivity contribution in [2.45, 2.75) is 6.54 Å². The summed E-state index contributed by atoms with van der Waals surface area (Å²) in [6.07, 6.45) is 1.29. The predicted molar refractivity (Wildman–Crippen MR) is 45.2 cm³/mol. The Labute approximate surface area is 78.7 Å². The van der Waals surface area contributed by atoms with Crippen molar-refractivity contribution in [1.29, 1.82) is 0 Å². The zero-order chi connectivity index (χ0) is 10.6. The molecule has 0 aliphatic carbocycles. The molecule has 1 aromatic rings. The van der Waals surface area contributed by atoms with Gasteiger partial charge in [-0.15, -0.1) is 0 Å². The number of carbonyl (C=O) groups is 1. The first-order chi connectivity index (χ1) is 6.65. The summed E-state index contributed by atoms with van der Waals surface area (Å²) in [5.41, 5.74) is 0.0891. The van der Waals surface area contributed by atoms with Crippen molar-refractivity contribution < 1.29 is 19.1 Å². The Morgan fingerprint density at radius 2 is 2.29 bits per heavy atom. The third kappa shape index (κ3) is 2.24. The molecular weight excluding hydrogens is 189 g/mol. The summed E-state index contributed by atoms with van der Waals surface area (Å²) in [4.78, 5) is 23.7. The molecule has 0 aliphatic heterocycles. The van der Waals surface area contributed by atoms with Gasteiger partial charge in [0.25, 0.3) is 0 Å². The second-order valence-corrected chi connectivity index (χ2v) is 2.51. The van der Waals surface area contributed by atoms with Gasteiger partial charge in [0.05, 0.1) is 12.1 Å². The molecule has 0 amide bonds. The minimum Gasteiger partial charge on any atom is -0.478 e. The summed E-state index contributed by atoms with van der Waals surface area (Å²) in [5, 5.41) is 8.68. The molecule has 0 saturated carbocycles. The Hall–Kier alpha value is -2.00. The van der Waals surface area contributed by atoms with E-state index >= 15 is 0 Å². The largest absolute Gasteiger partial charge is 0.478 e. The highest BCUT2D eigenvalue weighted by Gasteiger charge is 2.10. The Kier molecular flexibility index (Phi) is 3.09. The van der Waals surface area contributed by atoms with Crippen molar-refractivity contribution in [3.05, 3.63) is 35.1 Å². The van der Waals surface area contributed by atoms with Crippen molar-refractivity contribution in [2.75, 3.05) is 0 Å². The van der Waals surface area contributed by atoms with Gasteiger partial charge in [0, 0.05) is 0 Å². The molecule has 0 aliphatic rings. The number of nitrogens with zero attached hydrogens (tertiary/aromatic N) is 1. The van der Waals surface area contributed by atoms with Gasteiger partial charge in [-0.1, -0.05) is 6.07 Å². The molecule has 1 rings (SSSR count). The molecule has 0 fully saturated rings. The molecule has 4 nitrogen and oxygen atoms in total. The van der Waals surface area contributed by atoms with Crippen LogP contribution in [0.2, 0.25) is 0 Å². The third-order valence-corrected chi connectivity index (χ3v) is 1.62. The van der Waals surface area contributed by atoms with Gasteiger partial charge in [-0.05, 0) is 17.7 Å². The first kappa shape index (κ1) is 10.1. The lowest BCUT2D eigenvalue weighted by Gasteiger charge is -2.01. The molecule has 5 heteroatoms. The van der Waals surface area contributed by atoms with Crippen LogP contribution in [0.4, 0.5) is 4.39 Å². The minimum absolute atomic E-state index is 0.106. The molecule has 14 heavy (non-hydrogen) atoms. The molecule has 0 aromatic heterocycles. The molecule has 1 aromatic carbocycles. The van der Waals surface area contributed by atoms with Gasteiger partial charge in [-0.2, -0.15) is 0 Å². The van der Waals surface area contributed by atoms with E-state index in [9.17, 15) is 14.0 Å². The summed E-state index contributed by atoms with van der Waals surface area (Å²) < 4.78 is 12.7. The second-order valence-electron chi connectivity index (χ2n) is 2.51. The zero-order valence-electron chi connectivity index (χ0n) is 7.03. The quantitative estimate of drug-likeness (QED) is 0.584. The van der Waals surface area contributed by atoms with Gasteiger partial charge >= 0.3 is 5.97 Å². The van der Waals surface area contributed by atoms with Crippen LogP contribution in [0.15, 0.2) is 23.2 Å². The number of hydrogen-bond donors (Lipinski definition) is 1. The zero-order valence-corrected chi connectivity index (χ0v) is 7.03. The number of halogens is 1. The molecule has 0 unspecified atom stereocenters. The van der Waals surface area contributed by atoms with Crippen molar-refractivity contribution in [1.82, 2.24) is 0 Å². The van der Waals surface area contributed by atoms with Crippen molar-refractivity contribution in [2.24, 2.45) is 4.99 Å². The average molecular weight is 195 g/mol. The number of hydrogen-bond acceptors (Lipinski definition) is 3. The highest BCUT2D eigenvalue weighted by molar-refractivity contribution is 5.89. The summed E-state index contributed by atoms with van der Waals surface area (Å²) >= 11 is 0. The predicted octanol–water partition coefficient (Wildman–Crippen LogP) is 1.36. The van der Waals surface area contributed by atoms with Gasteiger partial charge in [0.2, 0.25) is 6.08 Å². The molecule has 0 saturated heterocycles. The minimum atomic E-state index is -1.25. The Bertz CT molecular complexity index is 411. The number of benzene rings is 1. The Morgan fingerprint density at radius 1 is 1.57 bits per heavy atom. The van der Waals surface area contributed by atoms with Crippen LogP contribution < -0.4 is 0 Å². The molecule has 72 valence electrons. The monoisotopic (exact) mass is 195 g/mol. The van der Waals surface area contributed by atoms with E-state index in [1.165, 1.54) is 12.1 Å². The summed E-state index contributed by atoms with van der Waals surface area (Å²) in [6.45, 7) is -0.106. The molecule has 1 N–H and O–H groups in total. The summed E-state index contributed by atoms with van der Waals surface area (Å²) in [6, 6.07) is 3.28. The SMILES string of the molecule is O=C=NCc1ccc(F)cc1C(=O)O. The van der Waals surface area contributed by atoms with Crippen LogP contribution in [-0.2, 0) is 11.3 Å². The van der Waals surface area contributed by atoms with Crippen molar-refractivity contribution in [3.63, 3.8) is 0 Å². The van der Waals surface area contributed by atoms with E-state index in [4.69, 9.17) is 5.11 Å². The smallest absolute Gasteiger partial charge is 0.336 e. The summed E-state index contributed by atoms with van der Waals surface area (Å²) in [5.74, 6) is -1.89. The van der Waals surface area contributed by atoms with Gasteiger partial charge in [0.15, 0.2) is 0 Å². The van der Waals surface area contributed by atoms with Crippen molar-refractivity contribution >= 4 is 12.0 Å². The highest BCUT2D eigenvalue weighted by atomic mass is 19.1.